The Morgan fingerprint density at radius 2 is 1.85 bits per heavy atom. The number of likely N-dealkylation sites (tertiary alicyclic amines) is 1. The molecule has 0 unspecified atom stereocenters. The van der Waals surface area contributed by atoms with Crippen molar-refractivity contribution in [1.82, 2.24) is 24.8 Å². The van der Waals surface area contributed by atoms with Gasteiger partial charge in [-0.2, -0.15) is 0 Å². The summed E-state index contributed by atoms with van der Waals surface area (Å²) in [5, 5.41) is 3.76. The van der Waals surface area contributed by atoms with Gasteiger partial charge in [-0.3, -0.25) is 10.1 Å². The van der Waals surface area contributed by atoms with Crippen molar-refractivity contribution in [3.05, 3.63) is 36.8 Å². The van der Waals surface area contributed by atoms with Crippen molar-refractivity contribution in [1.29, 1.82) is 0 Å². The number of anilines is 2. The molecule has 0 bridgehead atoms. The van der Waals surface area contributed by atoms with Gasteiger partial charge in [0.05, 0.1) is 5.52 Å². The summed E-state index contributed by atoms with van der Waals surface area (Å²) in [5.41, 5.74) is 8.07. The minimum absolute atomic E-state index is 0.00876. The van der Waals surface area contributed by atoms with Crippen molar-refractivity contribution in [3.63, 3.8) is 0 Å². The van der Waals surface area contributed by atoms with E-state index in [1.165, 1.54) is 0 Å². The number of nitrogen functional groups attached to an aromatic ring is 1. The Morgan fingerprint density at radius 3 is 2.59 bits per heavy atom. The fourth-order valence-corrected chi connectivity index (χ4v) is 3.23. The Morgan fingerprint density at radius 1 is 1.11 bits per heavy atom. The van der Waals surface area contributed by atoms with Crippen LogP contribution in [0.25, 0.3) is 22.0 Å². The highest BCUT2D eigenvalue weighted by Crippen LogP contribution is 2.23. The molecule has 2 aromatic heterocycles. The number of benzene rings is 1. The van der Waals surface area contributed by atoms with Gasteiger partial charge in [0.1, 0.15) is 0 Å². The van der Waals surface area contributed by atoms with E-state index in [1.54, 1.807) is 18.6 Å². The molecular formula is C19H21N7O. The van der Waals surface area contributed by atoms with E-state index >= 15 is 0 Å². The molecule has 1 aromatic carbocycles. The van der Waals surface area contributed by atoms with E-state index < -0.39 is 0 Å². The van der Waals surface area contributed by atoms with Crippen LogP contribution in [0.4, 0.5) is 11.9 Å². The van der Waals surface area contributed by atoms with Gasteiger partial charge in [-0.15, -0.1) is 0 Å². The van der Waals surface area contributed by atoms with Gasteiger partial charge < -0.3 is 10.6 Å². The van der Waals surface area contributed by atoms with Crippen molar-refractivity contribution >= 4 is 28.7 Å². The number of hydrogen-bond donors (Lipinski definition) is 2. The smallest absolute Gasteiger partial charge is 0.229 e. The monoisotopic (exact) mass is 363 g/mol. The van der Waals surface area contributed by atoms with E-state index in [1.807, 2.05) is 18.2 Å². The van der Waals surface area contributed by atoms with Crippen molar-refractivity contribution in [2.24, 2.45) is 5.92 Å². The van der Waals surface area contributed by atoms with E-state index in [-0.39, 0.29) is 17.8 Å². The summed E-state index contributed by atoms with van der Waals surface area (Å²) in [6.07, 6.45) is 6.78. The molecule has 8 nitrogen and oxygen atoms in total. The molecule has 8 heteroatoms. The predicted molar refractivity (Wildman–Crippen MR) is 104 cm³/mol. The maximum Gasteiger partial charge on any atom is 0.229 e. The number of hydrogen-bond acceptors (Lipinski definition) is 7. The fourth-order valence-electron chi connectivity index (χ4n) is 3.23. The third kappa shape index (κ3) is 3.85. The minimum Gasteiger partial charge on any atom is -0.368 e. The second kappa shape index (κ2) is 7.24. The Balaban J connectivity index is 1.55. The first-order valence-electron chi connectivity index (χ1n) is 8.92. The highest BCUT2D eigenvalue weighted by molar-refractivity contribution is 5.92. The lowest BCUT2D eigenvalue weighted by Gasteiger charge is -2.27. The molecule has 1 aliphatic heterocycles. The maximum atomic E-state index is 12.5. The molecule has 1 fully saturated rings. The first-order valence-corrected chi connectivity index (χ1v) is 8.92. The van der Waals surface area contributed by atoms with Crippen molar-refractivity contribution in [2.75, 3.05) is 31.2 Å². The number of nitrogens with two attached hydrogens (primary N) is 1. The Hall–Kier alpha value is -3.13. The Kier molecular flexibility index (Phi) is 4.64. The van der Waals surface area contributed by atoms with Crippen LogP contribution in [-0.4, -0.2) is 50.9 Å². The van der Waals surface area contributed by atoms with E-state index in [4.69, 9.17) is 5.73 Å². The highest BCUT2D eigenvalue weighted by Gasteiger charge is 2.23. The third-order valence-electron chi connectivity index (χ3n) is 4.91. The number of carbonyl (C=O) groups excluding carboxylic acids is 1. The maximum absolute atomic E-state index is 12.5. The summed E-state index contributed by atoms with van der Waals surface area (Å²) in [5.74, 6) is 0.571. The molecular weight excluding hydrogens is 342 g/mol. The minimum atomic E-state index is -0.00876. The van der Waals surface area contributed by atoms with Gasteiger partial charge in [-0.1, -0.05) is 12.1 Å². The molecule has 0 aliphatic carbocycles. The molecule has 1 aliphatic rings. The number of fused-ring (bicyclic) bond motifs is 1. The lowest BCUT2D eigenvalue weighted by Crippen LogP contribution is -2.36. The SMILES string of the molecule is CN1CCC(C(=O)Nc2ncc3ccc(-c4cnc(N)nc4)cc3n2)CC1. The largest absolute Gasteiger partial charge is 0.368 e. The van der Waals surface area contributed by atoms with Crippen LogP contribution in [0.3, 0.4) is 0 Å². The lowest BCUT2D eigenvalue weighted by atomic mass is 9.96. The van der Waals surface area contributed by atoms with Gasteiger partial charge in [-0.05, 0) is 44.6 Å². The van der Waals surface area contributed by atoms with Gasteiger partial charge in [0.25, 0.3) is 0 Å². The molecule has 1 saturated heterocycles. The first kappa shape index (κ1) is 17.3. The van der Waals surface area contributed by atoms with Crippen LogP contribution in [0.1, 0.15) is 12.8 Å². The highest BCUT2D eigenvalue weighted by atomic mass is 16.2. The molecule has 0 radical (unpaired) electrons. The summed E-state index contributed by atoms with van der Waals surface area (Å²) in [4.78, 5) is 31.6. The Labute approximate surface area is 156 Å². The van der Waals surface area contributed by atoms with Crippen LogP contribution >= 0.6 is 0 Å². The van der Waals surface area contributed by atoms with Crippen LogP contribution in [-0.2, 0) is 4.79 Å². The topological polar surface area (TPSA) is 110 Å². The quantitative estimate of drug-likeness (QED) is 0.732. The van der Waals surface area contributed by atoms with Crippen molar-refractivity contribution < 1.29 is 4.79 Å². The Bertz CT molecular complexity index is 965. The molecule has 3 aromatic rings. The number of amides is 1. The molecule has 0 atom stereocenters. The van der Waals surface area contributed by atoms with Crippen LogP contribution < -0.4 is 11.1 Å². The van der Waals surface area contributed by atoms with Crippen molar-refractivity contribution in [3.8, 4) is 11.1 Å². The molecule has 4 rings (SSSR count). The number of nitrogens with zero attached hydrogens (tertiary/aromatic N) is 5. The summed E-state index contributed by atoms with van der Waals surface area (Å²) >= 11 is 0. The second-order valence-electron chi connectivity index (χ2n) is 6.86. The first-order chi connectivity index (χ1) is 13.1. The average Bonchev–Trinajstić information content (AvgIpc) is 2.68. The molecule has 0 spiro atoms. The molecule has 3 heterocycles. The van der Waals surface area contributed by atoms with Gasteiger partial charge in [0.15, 0.2) is 0 Å². The fraction of sp³-hybridized carbons (Fsp3) is 0.316. The number of aromatic nitrogens is 4. The zero-order chi connectivity index (χ0) is 18.8. The third-order valence-corrected chi connectivity index (χ3v) is 4.91. The summed E-state index contributed by atoms with van der Waals surface area (Å²) in [7, 11) is 2.07. The molecule has 27 heavy (non-hydrogen) atoms. The normalized spacial score (nSPS) is 15.7. The van der Waals surface area contributed by atoms with E-state index in [0.29, 0.717) is 5.95 Å². The summed E-state index contributed by atoms with van der Waals surface area (Å²) in [6.45, 7) is 1.87. The number of nitrogens with one attached hydrogen (secondary N) is 1. The molecule has 138 valence electrons. The number of carbonyl (C=O) groups is 1. The molecule has 1 amide bonds. The van der Waals surface area contributed by atoms with E-state index in [2.05, 4.69) is 37.2 Å². The van der Waals surface area contributed by atoms with E-state index in [0.717, 1.165) is 48.0 Å². The zero-order valence-electron chi connectivity index (χ0n) is 15.1. The van der Waals surface area contributed by atoms with Crippen LogP contribution in [0, 0.1) is 5.92 Å². The molecule has 3 N–H and O–H groups in total. The van der Waals surface area contributed by atoms with Gasteiger partial charge in [-0.25, -0.2) is 19.9 Å². The summed E-state index contributed by atoms with van der Waals surface area (Å²) in [6, 6.07) is 5.82. The van der Waals surface area contributed by atoms with Gasteiger partial charge in [0.2, 0.25) is 17.8 Å². The van der Waals surface area contributed by atoms with Crippen LogP contribution in [0.15, 0.2) is 36.8 Å². The average molecular weight is 363 g/mol. The second-order valence-corrected chi connectivity index (χ2v) is 6.86. The lowest BCUT2D eigenvalue weighted by molar-refractivity contribution is -0.121. The van der Waals surface area contributed by atoms with E-state index in [9.17, 15) is 4.79 Å². The molecule has 0 saturated carbocycles. The standard InChI is InChI=1S/C19H21N7O/c1-26-6-4-12(5-7-26)17(27)25-19-23-9-14-3-2-13(8-16(14)24-19)15-10-21-18(20)22-11-15/h2-3,8-12H,4-7H2,1H3,(H2,20,21,22)(H,23,24,25,27). The van der Waals surface area contributed by atoms with Crippen LogP contribution in [0.2, 0.25) is 0 Å². The zero-order valence-corrected chi connectivity index (χ0v) is 15.1. The van der Waals surface area contributed by atoms with Gasteiger partial charge in [0, 0.05) is 35.5 Å². The number of piperidine rings is 1. The predicted octanol–water partition coefficient (Wildman–Crippen LogP) is 1.95. The number of rotatable bonds is 3. The van der Waals surface area contributed by atoms with Gasteiger partial charge >= 0.3 is 0 Å². The summed E-state index contributed by atoms with van der Waals surface area (Å²) < 4.78 is 0. The van der Waals surface area contributed by atoms with Crippen LogP contribution in [0.5, 0.6) is 0 Å². The van der Waals surface area contributed by atoms with Crippen molar-refractivity contribution in [2.45, 2.75) is 12.8 Å².